The normalized spacial score (nSPS) is 21.8. The minimum atomic E-state index is 0.507. The van der Waals surface area contributed by atoms with E-state index in [0.29, 0.717) is 12.0 Å². The zero-order chi connectivity index (χ0) is 18.5. The molecule has 2 aromatic heterocycles. The molecule has 1 aliphatic rings. The molecule has 2 unspecified atom stereocenters. The van der Waals surface area contributed by atoms with E-state index in [-0.39, 0.29) is 0 Å². The van der Waals surface area contributed by atoms with Crippen molar-refractivity contribution >= 4 is 17.3 Å². The Bertz CT molecular complexity index is 706. The number of aromatic nitrogens is 1. The molecule has 1 saturated heterocycles. The topological polar surface area (TPSA) is 35.8 Å². The van der Waals surface area contributed by atoms with Gasteiger partial charge >= 0.3 is 0 Å². The maximum Gasteiger partial charge on any atom is 0.193 e. The number of rotatable bonds is 5. The van der Waals surface area contributed by atoms with Gasteiger partial charge in [-0.3, -0.25) is 9.89 Å². The van der Waals surface area contributed by atoms with Gasteiger partial charge in [0.1, 0.15) is 0 Å². The maximum absolute atomic E-state index is 4.50. The molecule has 5 nitrogen and oxygen atoms in total. The van der Waals surface area contributed by atoms with Gasteiger partial charge in [-0.05, 0) is 55.9 Å². The van der Waals surface area contributed by atoms with Gasteiger partial charge in [0, 0.05) is 50.5 Å². The van der Waals surface area contributed by atoms with Crippen molar-refractivity contribution in [1.29, 1.82) is 0 Å². The molecule has 3 heterocycles. The van der Waals surface area contributed by atoms with Gasteiger partial charge in [-0.1, -0.05) is 6.07 Å². The van der Waals surface area contributed by atoms with Crippen LogP contribution >= 0.6 is 11.3 Å². The standard InChI is InChI=1S/C20H31N5S/c1-21-20(25(4)15-17-9-6-11-23(17)2)22-14-16-8-5-12-24(3)19(16)18-10-7-13-26-18/h6-7,9-11,13,16,19H,5,8,12,14-15H2,1-4H3,(H,21,22). The summed E-state index contributed by atoms with van der Waals surface area (Å²) in [6.45, 7) is 2.99. The van der Waals surface area contributed by atoms with Crippen LogP contribution in [0.5, 0.6) is 0 Å². The monoisotopic (exact) mass is 373 g/mol. The van der Waals surface area contributed by atoms with Crippen LogP contribution in [0.2, 0.25) is 0 Å². The second-order valence-electron chi connectivity index (χ2n) is 7.24. The molecule has 1 fully saturated rings. The third kappa shape index (κ3) is 4.30. The van der Waals surface area contributed by atoms with Crippen LogP contribution in [-0.2, 0) is 13.6 Å². The number of guanidine groups is 1. The van der Waals surface area contributed by atoms with Crippen molar-refractivity contribution in [3.63, 3.8) is 0 Å². The van der Waals surface area contributed by atoms with Crippen molar-refractivity contribution in [3.05, 3.63) is 46.4 Å². The SMILES string of the molecule is CN=C(NCC1CCCN(C)C1c1cccs1)N(C)Cc1cccn1C. The number of nitrogens with zero attached hydrogens (tertiary/aromatic N) is 4. The zero-order valence-electron chi connectivity index (χ0n) is 16.4. The first-order valence-electron chi connectivity index (χ1n) is 9.35. The number of aliphatic imine (C=N–C) groups is 1. The summed E-state index contributed by atoms with van der Waals surface area (Å²) >= 11 is 1.87. The van der Waals surface area contributed by atoms with Gasteiger partial charge < -0.3 is 14.8 Å². The van der Waals surface area contributed by atoms with E-state index in [9.17, 15) is 0 Å². The summed E-state index contributed by atoms with van der Waals surface area (Å²) in [5.74, 6) is 1.57. The fraction of sp³-hybridized carbons (Fsp3) is 0.550. The predicted octanol–water partition coefficient (Wildman–Crippen LogP) is 3.18. The Kier molecular flexibility index (Phi) is 6.38. The van der Waals surface area contributed by atoms with Crippen LogP contribution in [0.1, 0.15) is 29.5 Å². The largest absolute Gasteiger partial charge is 0.356 e. The van der Waals surface area contributed by atoms with Crippen molar-refractivity contribution in [3.8, 4) is 0 Å². The fourth-order valence-corrected chi connectivity index (χ4v) is 4.95. The van der Waals surface area contributed by atoms with E-state index in [0.717, 1.165) is 19.0 Å². The highest BCUT2D eigenvalue weighted by atomic mass is 32.1. The highest BCUT2D eigenvalue weighted by Crippen LogP contribution is 2.36. The molecule has 0 spiro atoms. The van der Waals surface area contributed by atoms with E-state index in [4.69, 9.17) is 0 Å². The second-order valence-corrected chi connectivity index (χ2v) is 8.22. The van der Waals surface area contributed by atoms with E-state index in [1.54, 1.807) is 0 Å². The van der Waals surface area contributed by atoms with Crippen molar-refractivity contribution in [2.75, 3.05) is 34.2 Å². The average Bonchev–Trinajstić information content (AvgIpc) is 3.28. The van der Waals surface area contributed by atoms with E-state index < -0.39 is 0 Å². The Labute approximate surface area is 161 Å². The second kappa shape index (κ2) is 8.73. The molecule has 0 radical (unpaired) electrons. The Hall–Kier alpha value is -1.79. The van der Waals surface area contributed by atoms with Crippen LogP contribution in [0.25, 0.3) is 0 Å². The van der Waals surface area contributed by atoms with Gasteiger partial charge in [0.15, 0.2) is 5.96 Å². The summed E-state index contributed by atoms with van der Waals surface area (Å²) in [5.41, 5.74) is 1.28. The number of aryl methyl sites for hydroxylation is 1. The molecule has 142 valence electrons. The van der Waals surface area contributed by atoms with Gasteiger partial charge in [-0.2, -0.15) is 0 Å². The van der Waals surface area contributed by atoms with Crippen molar-refractivity contribution in [2.45, 2.75) is 25.4 Å². The number of nitrogens with one attached hydrogen (secondary N) is 1. The first-order valence-corrected chi connectivity index (χ1v) is 10.2. The number of hydrogen-bond donors (Lipinski definition) is 1. The molecule has 0 saturated carbocycles. The summed E-state index contributed by atoms with van der Waals surface area (Å²) in [6, 6.07) is 9.20. The molecule has 0 aromatic carbocycles. The summed E-state index contributed by atoms with van der Waals surface area (Å²) in [6.07, 6.45) is 4.61. The van der Waals surface area contributed by atoms with Crippen LogP contribution in [-0.4, -0.2) is 54.6 Å². The first kappa shape index (κ1) is 19.0. The minimum absolute atomic E-state index is 0.507. The van der Waals surface area contributed by atoms with Crippen molar-refractivity contribution in [1.82, 2.24) is 19.7 Å². The Morgan fingerprint density at radius 2 is 2.19 bits per heavy atom. The molecule has 6 heteroatoms. The predicted molar refractivity (Wildman–Crippen MR) is 111 cm³/mol. The smallest absolute Gasteiger partial charge is 0.193 e. The molecular weight excluding hydrogens is 342 g/mol. The van der Waals surface area contributed by atoms with Gasteiger partial charge in [-0.15, -0.1) is 11.3 Å². The molecule has 1 N–H and O–H groups in total. The highest BCUT2D eigenvalue weighted by molar-refractivity contribution is 7.10. The third-order valence-electron chi connectivity index (χ3n) is 5.39. The Morgan fingerprint density at radius 3 is 2.85 bits per heavy atom. The number of likely N-dealkylation sites (tertiary alicyclic amines) is 1. The first-order chi connectivity index (χ1) is 12.6. The lowest BCUT2D eigenvalue weighted by molar-refractivity contribution is 0.124. The summed E-state index contributed by atoms with van der Waals surface area (Å²) < 4.78 is 2.16. The molecule has 2 atom stereocenters. The van der Waals surface area contributed by atoms with E-state index >= 15 is 0 Å². The molecule has 3 rings (SSSR count). The van der Waals surface area contributed by atoms with Crippen LogP contribution in [0.3, 0.4) is 0 Å². The number of thiophene rings is 1. The minimum Gasteiger partial charge on any atom is -0.356 e. The zero-order valence-corrected chi connectivity index (χ0v) is 17.2. The lowest BCUT2D eigenvalue weighted by Gasteiger charge is -2.39. The van der Waals surface area contributed by atoms with Crippen molar-refractivity contribution < 1.29 is 0 Å². The molecule has 2 aromatic rings. The van der Waals surface area contributed by atoms with Crippen LogP contribution in [0.15, 0.2) is 40.8 Å². The van der Waals surface area contributed by atoms with Gasteiger partial charge in [0.2, 0.25) is 0 Å². The highest BCUT2D eigenvalue weighted by Gasteiger charge is 2.31. The number of hydrogen-bond acceptors (Lipinski definition) is 3. The lowest BCUT2D eigenvalue weighted by atomic mass is 9.88. The summed E-state index contributed by atoms with van der Waals surface area (Å²) in [5, 5.41) is 5.82. The quantitative estimate of drug-likeness (QED) is 0.646. The molecule has 1 aliphatic heterocycles. The lowest BCUT2D eigenvalue weighted by Crippen LogP contribution is -2.45. The third-order valence-corrected chi connectivity index (χ3v) is 6.33. The van der Waals surface area contributed by atoms with Gasteiger partial charge in [0.05, 0.1) is 6.54 Å². The van der Waals surface area contributed by atoms with Crippen LogP contribution in [0, 0.1) is 5.92 Å². The molecule has 0 aliphatic carbocycles. The van der Waals surface area contributed by atoms with Gasteiger partial charge in [0.25, 0.3) is 0 Å². The fourth-order valence-electron chi connectivity index (χ4n) is 3.97. The molecule has 26 heavy (non-hydrogen) atoms. The molecule has 0 bridgehead atoms. The molecule has 0 amide bonds. The van der Waals surface area contributed by atoms with Crippen LogP contribution in [0.4, 0.5) is 0 Å². The summed E-state index contributed by atoms with van der Waals surface area (Å²) in [7, 11) is 8.31. The Morgan fingerprint density at radius 1 is 1.35 bits per heavy atom. The Balaban J connectivity index is 1.62. The van der Waals surface area contributed by atoms with E-state index in [1.807, 2.05) is 18.4 Å². The maximum atomic E-state index is 4.50. The van der Waals surface area contributed by atoms with Crippen LogP contribution < -0.4 is 5.32 Å². The van der Waals surface area contributed by atoms with E-state index in [2.05, 4.69) is 81.7 Å². The number of piperidine rings is 1. The molecular formula is C20H31N5S. The average molecular weight is 374 g/mol. The van der Waals surface area contributed by atoms with Crippen molar-refractivity contribution in [2.24, 2.45) is 18.0 Å². The van der Waals surface area contributed by atoms with Gasteiger partial charge in [-0.25, -0.2) is 0 Å². The summed E-state index contributed by atoms with van der Waals surface area (Å²) in [4.78, 5) is 10.7. The van der Waals surface area contributed by atoms with E-state index in [1.165, 1.54) is 30.0 Å².